The van der Waals surface area contributed by atoms with E-state index in [1.807, 2.05) is 30.3 Å². The van der Waals surface area contributed by atoms with E-state index in [4.69, 9.17) is 9.47 Å². The van der Waals surface area contributed by atoms with Crippen LogP contribution in [0.15, 0.2) is 48.5 Å². The summed E-state index contributed by atoms with van der Waals surface area (Å²) in [6.07, 6.45) is -3.24. The molecule has 2 aromatic carbocycles. The molecule has 2 heterocycles. The fraction of sp³-hybridized carbons (Fsp3) is 0.409. The lowest BCUT2D eigenvalue weighted by Gasteiger charge is -2.51. The first kappa shape index (κ1) is 20.7. The van der Waals surface area contributed by atoms with Crippen LogP contribution < -0.4 is 0 Å². The molecule has 2 fully saturated rings. The zero-order chi connectivity index (χ0) is 21.3. The predicted octanol–water partition coefficient (Wildman–Crippen LogP) is 4.15. The molecule has 0 aromatic heterocycles. The summed E-state index contributed by atoms with van der Waals surface area (Å²) in [7, 11) is 0. The van der Waals surface area contributed by atoms with Gasteiger partial charge in [-0.25, -0.2) is 18.0 Å². The van der Waals surface area contributed by atoms with Gasteiger partial charge in [-0.1, -0.05) is 42.5 Å². The number of benzene rings is 2. The third kappa shape index (κ3) is 4.02. The molecule has 2 atom stereocenters. The Balaban J connectivity index is 1.50. The maximum absolute atomic E-state index is 14.1. The van der Waals surface area contributed by atoms with Gasteiger partial charge in [-0.3, -0.25) is 4.90 Å². The molecule has 1 N–H and O–H groups in total. The number of ether oxygens (including phenoxy) is 2. The Hall–Kier alpha value is -2.58. The summed E-state index contributed by atoms with van der Waals surface area (Å²) in [6.45, 7) is 0.536. The predicted molar refractivity (Wildman–Crippen MR) is 101 cm³/mol. The van der Waals surface area contributed by atoms with Crippen LogP contribution in [0.2, 0.25) is 0 Å². The van der Waals surface area contributed by atoms with Gasteiger partial charge in [-0.2, -0.15) is 0 Å². The molecule has 4 rings (SSSR count). The van der Waals surface area contributed by atoms with Crippen molar-refractivity contribution in [3.63, 3.8) is 0 Å². The van der Waals surface area contributed by atoms with Gasteiger partial charge >= 0.3 is 6.09 Å². The van der Waals surface area contributed by atoms with Crippen LogP contribution in [-0.4, -0.2) is 41.4 Å². The minimum atomic E-state index is -2.93. The van der Waals surface area contributed by atoms with E-state index in [1.54, 1.807) is 4.90 Å². The van der Waals surface area contributed by atoms with Crippen LogP contribution in [-0.2, 0) is 21.7 Å². The third-order valence-electron chi connectivity index (χ3n) is 5.74. The molecule has 2 unspecified atom stereocenters. The number of piperidine rings is 1. The number of alkyl halides is 2. The highest BCUT2D eigenvalue weighted by Crippen LogP contribution is 2.42. The number of aliphatic hydroxyl groups is 1. The molecule has 2 bridgehead atoms. The second kappa shape index (κ2) is 8.28. The third-order valence-corrected chi connectivity index (χ3v) is 5.74. The average molecular weight is 421 g/mol. The number of halogens is 3. The van der Waals surface area contributed by atoms with E-state index in [0.717, 1.165) is 17.7 Å². The van der Waals surface area contributed by atoms with E-state index in [0.29, 0.717) is 0 Å². The zero-order valence-corrected chi connectivity index (χ0v) is 16.1. The molecule has 30 heavy (non-hydrogen) atoms. The van der Waals surface area contributed by atoms with Crippen LogP contribution in [0.5, 0.6) is 0 Å². The fourth-order valence-corrected chi connectivity index (χ4v) is 4.30. The number of rotatable bonds is 4. The molecule has 160 valence electrons. The van der Waals surface area contributed by atoms with Gasteiger partial charge < -0.3 is 14.6 Å². The van der Waals surface area contributed by atoms with Gasteiger partial charge in [0.2, 0.25) is 0 Å². The SMILES string of the molecule is O=C(OCc1ccccc1)N1C2COCC1CC(O)(c1ccc(C(F)F)c(F)c1)C2. The Morgan fingerprint density at radius 3 is 2.43 bits per heavy atom. The molecule has 0 radical (unpaired) electrons. The van der Waals surface area contributed by atoms with Crippen molar-refractivity contribution in [2.24, 2.45) is 0 Å². The smallest absolute Gasteiger partial charge is 0.410 e. The van der Waals surface area contributed by atoms with Gasteiger partial charge in [-0.05, 0) is 17.2 Å². The molecule has 1 amide bonds. The molecule has 2 aromatic rings. The van der Waals surface area contributed by atoms with Crippen molar-refractivity contribution in [1.82, 2.24) is 4.90 Å². The molecule has 2 aliphatic heterocycles. The molecule has 8 heteroatoms. The van der Waals surface area contributed by atoms with Crippen molar-refractivity contribution in [3.8, 4) is 0 Å². The molecule has 2 saturated heterocycles. The largest absolute Gasteiger partial charge is 0.445 e. The fourth-order valence-electron chi connectivity index (χ4n) is 4.30. The first-order chi connectivity index (χ1) is 14.4. The average Bonchev–Trinajstić information content (AvgIpc) is 2.72. The summed E-state index contributed by atoms with van der Waals surface area (Å²) in [6, 6.07) is 11.6. The highest BCUT2D eigenvalue weighted by Gasteiger charge is 2.49. The van der Waals surface area contributed by atoms with E-state index in [-0.39, 0.29) is 38.2 Å². The van der Waals surface area contributed by atoms with Crippen LogP contribution in [0.25, 0.3) is 0 Å². The van der Waals surface area contributed by atoms with Gasteiger partial charge in [0.1, 0.15) is 12.4 Å². The van der Waals surface area contributed by atoms with E-state index in [1.165, 1.54) is 6.07 Å². The first-order valence-electron chi connectivity index (χ1n) is 9.74. The van der Waals surface area contributed by atoms with Crippen molar-refractivity contribution in [1.29, 1.82) is 0 Å². The summed E-state index contributed by atoms with van der Waals surface area (Å²) in [4.78, 5) is 14.3. The molecular weight excluding hydrogens is 399 g/mol. The number of morpholine rings is 1. The van der Waals surface area contributed by atoms with E-state index >= 15 is 0 Å². The summed E-state index contributed by atoms with van der Waals surface area (Å²) in [5, 5.41) is 11.2. The van der Waals surface area contributed by atoms with Crippen molar-refractivity contribution in [3.05, 3.63) is 71.0 Å². The molecular formula is C22H22F3NO4. The van der Waals surface area contributed by atoms with Crippen molar-refractivity contribution < 1.29 is 32.5 Å². The normalized spacial score (nSPS) is 26.0. The van der Waals surface area contributed by atoms with Crippen LogP contribution in [0, 0.1) is 5.82 Å². The standard InChI is InChI=1S/C22H22F3NO4/c23-19-8-15(6-7-18(19)20(24)25)22(28)9-16-12-29-13-17(10-22)26(16)21(27)30-11-14-4-2-1-3-5-14/h1-8,16-17,20,28H,9-13H2. The molecule has 2 aliphatic rings. The van der Waals surface area contributed by atoms with Gasteiger partial charge in [0.25, 0.3) is 6.43 Å². The van der Waals surface area contributed by atoms with Crippen LogP contribution in [0.4, 0.5) is 18.0 Å². The lowest BCUT2D eigenvalue weighted by Crippen LogP contribution is -2.62. The number of carbonyl (C=O) groups is 1. The monoisotopic (exact) mass is 421 g/mol. The Bertz CT molecular complexity index is 895. The zero-order valence-electron chi connectivity index (χ0n) is 16.1. The van der Waals surface area contributed by atoms with Crippen molar-refractivity contribution >= 4 is 6.09 Å². The number of hydrogen-bond acceptors (Lipinski definition) is 4. The summed E-state index contributed by atoms with van der Waals surface area (Å²) >= 11 is 0. The maximum Gasteiger partial charge on any atom is 0.410 e. The summed E-state index contributed by atoms with van der Waals surface area (Å²) in [5.41, 5.74) is -1.07. The minimum Gasteiger partial charge on any atom is -0.445 e. The van der Waals surface area contributed by atoms with Crippen molar-refractivity contribution in [2.75, 3.05) is 13.2 Å². The maximum atomic E-state index is 14.1. The quantitative estimate of drug-likeness (QED) is 0.806. The van der Waals surface area contributed by atoms with E-state index < -0.39 is 41.6 Å². The second-order valence-electron chi connectivity index (χ2n) is 7.77. The Morgan fingerprint density at radius 2 is 1.83 bits per heavy atom. The summed E-state index contributed by atoms with van der Waals surface area (Å²) < 4.78 is 50.8. The topological polar surface area (TPSA) is 59.0 Å². The Kier molecular flexibility index (Phi) is 5.71. The van der Waals surface area contributed by atoms with Crippen molar-refractivity contribution in [2.45, 2.75) is 43.6 Å². The molecule has 5 nitrogen and oxygen atoms in total. The molecule has 0 aliphatic carbocycles. The lowest BCUT2D eigenvalue weighted by molar-refractivity contribution is -0.137. The number of hydrogen-bond donors (Lipinski definition) is 1. The lowest BCUT2D eigenvalue weighted by atomic mass is 9.77. The highest BCUT2D eigenvalue weighted by molar-refractivity contribution is 5.69. The van der Waals surface area contributed by atoms with Crippen LogP contribution in [0.1, 0.15) is 36.0 Å². The van der Waals surface area contributed by atoms with Gasteiger partial charge in [0.15, 0.2) is 0 Å². The van der Waals surface area contributed by atoms with Gasteiger partial charge in [0, 0.05) is 12.8 Å². The Morgan fingerprint density at radius 1 is 1.17 bits per heavy atom. The van der Waals surface area contributed by atoms with Crippen LogP contribution in [0.3, 0.4) is 0 Å². The number of nitrogens with zero attached hydrogens (tertiary/aromatic N) is 1. The first-order valence-corrected chi connectivity index (χ1v) is 9.74. The van der Waals surface area contributed by atoms with Crippen LogP contribution >= 0.6 is 0 Å². The Labute approximate surface area is 172 Å². The number of carbonyl (C=O) groups excluding carboxylic acids is 1. The minimum absolute atomic E-state index is 0.0946. The number of amides is 1. The van der Waals surface area contributed by atoms with Gasteiger partial charge in [-0.15, -0.1) is 0 Å². The molecule has 0 spiro atoms. The van der Waals surface area contributed by atoms with E-state index in [9.17, 15) is 23.1 Å². The summed E-state index contributed by atoms with van der Waals surface area (Å²) in [5.74, 6) is -1.05. The number of fused-ring (bicyclic) bond motifs is 2. The highest BCUT2D eigenvalue weighted by atomic mass is 19.3. The molecule has 0 saturated carbocycles. The van der Waals surface area contributed by atoms with E-state index in [2.05, 4.69) is 0 Å². The second-order valence-corrected chi connectivity index (χ2v) is 7.77. The van der Waals surface area contributed by atoms with Gasteiger partial charge in [0.05, 0.1) is 36.5 Å².